The molecule has 0 amide bonds. The molecule has 102 valence electrons. The van der Waals surface area contributed by atoms with E-state index in [1.54, 1.807) is 0 Å². The first-order valence-corrected chi connectivity index (χ1v) is 8.25. The second kappa shape index (κ2) is 8.14. The lowest BCUT2D eigenvalue weighted by Gasteiger charge is -2.35. The van der Waals surface area contributed by atoms with Gasteiger partial charge in [-0.2, -0.15) is 0 Å². The third-order valence-corrected chi connectivity index (χ3v) is 5.45. The van der Waals surface area contributed by atoms with Gasteiger partial charge in [-0.1, -0.05) is 0 Å². The van der Waals surface area contributed by atoms with Crippen molar-refractivity contribution >= 4 is 8.80 Å². The van der Waals surface area contributed by atoms with E-state index >= 15 is 0 Å². The van der Waals surface area contributed by atoms with E-state index in [0.717, 1.165) is 26.2 Å². The highest BCUT2D eigenvalue weighted by atomic mass is 28.4. The normalized spacial score (nSPS) is 18.5. The summed E-state index contributed by atoms with van der Waals surface area (Å²) in [5.41, 5.74) is 0. The Balaban J connectivity index is 2.57. The van der Waals surface area contributed by atoms with Crippen molar-refractivity contribution in [3.63, 3.8) is 0 Å². The quantitative estimate of drug-likeness (QED) is 0.599. The van der Waals surface area contributed by atoms with E-state index in [2.05, 4.69) is 15.5 Å². The SMILES string of the molecule is CCO[Si](CN1CNCNC1)(OCC)OCC. The van der Waals surface area contributed by atoms with Crippen LogP contribution in [0.25, 0.3) is 0 Å². The van der Waals surface area contributed by atoms with Crippen LogP contribution in [0.5, 0.6) is 0 Å². The van der Waals surface area contributed by atoms with E-state index in [1.165, 1.54) is 0 Å². The Kier molecular flexibility index (Phi) is 7.20. The molecule has 0 bridgehead atoms. The molecule has 0 aromatic carbocycles. The first-order valence-electron chi connectivity index (χ1n) is 6.32. The molecule has 0 aromatic heterocycles. The topological polar surface area (TPSA) is 55.0 Å². The lowest BCUT2D eigenvalue weighted by atomic mass is 10.7. The van der Waals surface area contributed by atoms with Crippen molar-refractivity contribution in [2.75, 3.05) is 46.0 Å². The lowest BCUT2D eigenvalue weighted by molar-refractivity contribution is 0.0510. The maximum absolute atomic E-state index is 5.81. The van der Waals surface area contributed by atoms with Crippen molar-refractivity contribution in [2.24, 2.45) is 0 Å². The predicted octanol–water partition coefficient (Wildman–Crippen LogP) is -0.0587. The number of hydrogen-bond acceptors (Lipinski definition) is 6. The fourth-order valence-electron chi connectivity index (χ4n) is 1.88. The molecule has 0 atom stereocenters. The van der Waals surface area contributed by atoms with Crippen LogP contribution in [0.1, 0.15) is 20.8 Å². The molecule has 1 aliphatic rings. The Hall–Kier alpha value is -0.0231. The molecule has 1 fully saturated rings. The fourth-order valence-corrected chi connectivity index (χ4v) is 4.49. The summed E-state index contributed by atoms with van der Waals surface area (Å²) in [4.78, 5) is 2.22. The molecule has 1 aliphatic heterocycles. The molecule has 0 aliphatic carbocycles. The molecule has 1 saturated heterocycles. The van der Waals surface area contributed by atoms with Gasteiger partial charge in [0, 0.05) is 26.5 Å². The Bertz CT molecular complexity index is 186. The summed E-state index contributed by atoms with van der Waals surface area (Å²) in [6, 6.07) is 0. The molecule has 1 rings (SSSR count). The molecular weight excluding hydrogens is 238 g/mol. The van der Waals surface area contributed by atoms with Gasteiger partial charge in [0.15, 0.2) is 0 Å². The Morgan fingerprint density at radius 2 is 1.41 bits per heavy atom. The average Bonchev–Trinajstić information content (AvgIpc) is 2.31. The molecule has 0 spiro atoms. The van der Waals surface area contributed by atoms with Crippen molar-refractivity contribution in [1.82, 2.24) is 15.5 Å². The summed E-state index contributed by atoms with van der Waals surface area (Å²) in [6.07, 6.45) is 0.725. The minimum atomic E-state index is -2.54. The summed E-state index contributed by atoms with van der Waals surface area (Å²) < 4.78 is 17.4. The molecule has 2 N–H and O–H groups in total. The van der Waals surface area contributed by atoms with Crippen LogP contribution in [0.15, 0.2) is 0 Å². The van der Waals surface area contributed by atoms with Crippen LogP contribution in [0.4, 0.5) is 0 Å². The summed E-state index contributed by atoms with van der Waals surface area (Å²) in [5.74, 6) is 0. The maximum Gasteiger partial charge on any atom is 0.515 e. The molecular formula is C10H25N3O3Si. The lowest BCUT2D eigenvalue weighted by Crippen LogP contribution is -2.60. The number of nitrogens with zero attached hydrogens (tertiary/aromatic N) is 1. The van der Waals surface area contributed by atoms with Crippen LogP contribution in [-0.2, 0) is 13.3 Å². The monoisotopic (exact) mass is 263 g/mol. The highest BCUT2D eigenvalue weighted by molar-refractivity contribution is 6.60. The van der Waals surface area contributed by atoms with E-state index in [9.17, 15) is 0 Å². The van der Waals surface area contributed by atoms with Gasteiger partial charge in [0.1, 0.15) is 0 Å². The molecule has 1 heterocycles. The molecule has 0 saturated carbocycles. The Morgan fingerprint density at radius 3 is 1.82 bits per heavy atom. The van der Waals surface area contributed by atoms with Gasteiger partial charge < -0.3 is 13.3 Å². The first kappa shape index (κ1) is 15.0. The Morgan fingerprint density at radius 1 is 0.941 bits per heavy atom. The third kappa shape index (κ3) is 5.00. The van der Waals surface area contributed by atoms with Crippen LogP contribution in [0.3, 0.4) is 0 Å². The maximum atomic E-state index is 5.81. The van der Waals surface area contributed by atoms with Gasteiger partial charge in [-0.25, -0.2) is 0 Å². The van der Waals surface area contributed by atoms with Crippen LogP contribution in [0, 0.1) is 0 Å². The molecule has 7 heteroatoms. The van der Waals surface area contributed by atoms with Gasteiger partial charge in [0.05, 0.1) is 19.5 Å². The van der Waals surface area contributed by atoms with Crippen LogP contribution >= 0.6 is 0 Å². The van der Waals surface area contributed by atoms with Gasteiger partial charge in [-0.15, -0.1) is 0 Å². The van der Waals surface area contributed by atoms with Gasteiger partial charge in [0.25, 0.3) is 0 Å². The summed E-state index contributed by atoms with van der Waals surface area (Å²) in [5, 5.41) is 6.51. The predicted molar refractivity (Wildman–Crippen MR) is 68.2 cm³/mol. The standard InChI is InChI=1S/C10H25N3O3Si/c1-4-14-17(15-5-2,16-6-3)10-13-8-11-7-12-9-13/h11-12H,4-10H2,1-3H3. The van der Waals surface area contributed by atoms with Crippen molar-refractivity contribution in [2.45, 2.75) is 20.8 Å². The summed E-state index contributed by atoms with van der Waals surface area (Å²) in [7, 11) is -2.54. The van der Waals surface area contributed by atoms with Crippen molar-refractivity contribution < 1.29 is 13.3 Å². The molecule has 0 unspecified atom stereocenters. The minimum Gasteiger partial charge on any atom is -0.373 e. The summed E-state index contributed by atoms with van der Waals surface area (Å²) in [6.45, 7) is 10.3. The summed E-state index contributed by atoms with van der Waals surface area (Å²) >= 11 is 0. The van der Waals surface area contributed by atoms with Crippen molar-refractivity contribution in [3.05, 3.63) is 0 Å². The van der Waals surface area contributed by atoms with Crippen LogP contribution in [-0.4, -0.2) is 59.7 Å². The fraction of sp³-hybridized carbons (Fsp3) is 1.00. The van der Waals surface area contributed by atoms with E-state index in [1.807, 2.05) is 20.8 Å². The zero-order valence-electron chi connectivity index (χ0n) is 11.1. The van der Waals surface area contributed by atoms with Crippen LogP contribution in [0.2, 0.25) is 0 Å². The second-order valence-electron chi connectivity index (χ2n) is 3.80. The smallest absolute Gasteiger partial charge is 0.373 e. The van der Waals surface area contributed by atoms with Gasteiger partial charge in [0.2, 0.25) is 0 Å². The molecule has 0 aromatic rings. The van der Waals surface area contributed by atoms with Gasteiger partial charge >= 0.3 is 8.80 Å². The molecule has 17 heavy (non-hydrogen) atoms. The zero-order valence-corrected chi connectivity index (χ0v) is 12.1. The number of rotatable bonds is 8. The second-order valence-corrected chi connectivity index (χ2v) is 6.35. The highest BCUT2D eigenvalue weighted by Crippen LogP contribution is 2.12. The van der Waals surface area contributed by atoms with E-state index in [4.69, 9.17) is 13.3 Å². The largest absolute Gasteiger partial charge is 0.515 e. The van der Waals surface area contributed by atoms with Gasteiger partial charge in [-0.3, -0.25) is 15.5 Å². The number of nitrogens with one attached hydrogen (secondary N) is 2. The molecule has 6 nitrogen and oxygen atoms in total. The first-order chi connectivity index (χ1) is 8.26. The van der Waals surface area contributed by atoms with E-state index < -0.39 is 8.80 Å². The molecule has 0 radical (unpaired) electrons. The minimum absolute atomic E-state index is 0.626. The van der Waals surface area contributed by atoms with E-state index in [0.29, 0.717) is 19.8 Å². The third-order valence-electron chi connectivity index (χ3n) is 2.43. The van der Waals surface area contributed by atoms with Gasteiger partial charge in [-0.05, 0) is 20.8 Å². The van der Waals surface area contributed by atoms with Crippen LogP contribution < -0.4 is 10.6 Å². The van der Waals surface area contributed by atoms with Crippen molar-refractivity contribution in [3.8, 4) is 0 Å². The Labute approximate surface area is 105 Å². The highest BCUT2D eigenvalue weighted by Gasteiger charge is 2.42. The van der Waals surface area contributed by atoms with E-state index in [-0.39, 0.29) is 0 Å². The number of hydrogen-bond donors (Lipinski definition) is 2. The zero-order chi connectivity index (χ0) is 12.6. The van der Waals surface area contributed by atoms with Crippen molar-refractivity contribution in [1.29, 1.82) is 0 Å². The average molecular weight is 263 g/mol.